The third-order valence-electron chi connectivity index (χ3n) is 4.31. The summed E-state index contributed by atoms with van der Waals surface area (Å²) < 4.78 is 1.92. The van der Waals surface area contributed by atoms with Crippen LogP contribution in [0.1, 0.15) is 31.4 Å². The van der Waals surface area contributed by atoms with Crippen molar-refractivity contribution < 1.29 is 0 Å². The van der Waals surface area contributed by atoms with Gasteiger partial charge in [-0.1, -0.05) is 23.2 Å². The average Bonchev–Trinajstić information content (AvgIpc) is 3.31. The first kappa shape index (κ1) is 14.8. The Balaban J connectivity index is 2.00. The van der Waals surface area contributed by atoms with Gasteiger partial charge in [-0.05, 0) is 49.1 Å². The van der Waals surface area contributed by atoms with Crippen LogP contribution < -0.4 is 5.73 Å². The number of nitrogens with two attached hydrogens (primary N) is 1. The largest absolute Gasteiger partial charge is 0.396 e. The average molecular weight is 347 g/mol. The van der Waals surface area contributed by atoms with Gasteiger partial charge in [-0.25, -0.2) is 9.67 Å². The van der Waals surface area contributed by atoms with Crippen LogP contribution in [-0.2, 0) is 6.54 Å². The van der Waals surface area contributed by atoms with Gasteiger partial charge in [0.2, 0.25) is 0 Å². The zero-order valence-electron chi connectivity index (χ0n) is 12.7. The quantitative estimate of drug-likeness (QED) is 0.687. The zero-order chi connectivity index (χ0) is 16.1. The van der Waals surface area contributed by atoms with Gasteiger partial charge in [0.05, 0.1) is 21.9 Å². The summed E-state index contributed by atoms with van der Waals surface area (Å²) >= 11 is 12.4. The highest BCUT2D eigenvalue weighted by molar-refractivity contribution is 6.39. The van der Waals surface area contributed by atoms with Crippen LogP contribution in [-0.4, -0.2) is 14.8 Å². The first-order chi connectivity index (χ1) is 11.1. The van der Waals surface area contributed by atoms with Gasteiger partial charge >= 0.3 is 0 Å². The van der Waals surface area contributed by atoms with Crippen molar-refractivity contribution in [2.24, 2.45) is 0 Å². The molecule has 4 nitrogen and oxygen atoms in total. The lowest BCUT2D eigenvalue weighted by atomic mass is 10.0. The SMILES string of the molecule is CCn1ncc2c(-c3cc(Cl)c(N)c(Cl)c3)cc(C3CC3)nc21. The molecule has 0 atom stereocenters. The molecule has 1 aliphatic carbocycles. The van der Waals surface area contributed by atoms with Gasteiger partial charge in [-0.3, -0.25) is 0 Å². The predicted molar refractivity (Wildman–Crippen MR) is 95.0 cm³/mol. The minimum Gasteiger partial charge on any atom is -0.396 e. The van der Waals surface area contributed by atoms with Gasteiger partial charge in [0.15, 0.2) is 5.65 Å². The highest BCUT2D eigenvalue weighted by Gasteiger charge is 2.27. The number of aromatic nitrogens is 3. The third kappa shape index (κ3) is 2.46. The van der Waals surface area contributed by atoms with E-state index in [1.54, 1.807) is 0 Å². The molecule has 0 aliphatic heterocycles. The molecule has 2 aromatic heterocycles. The summed E-state index contributed by atoms with van der Waals surface area (Å²) in [5.74, 6) is 0.554. The number of benzene rings is 1. The first-order valence-corrected chi connectivity index (χ1v) is 8.45. The van der Waals surface area contributed by atoms with Crippen molar-refractivity contribution in [1.29, 1.82) is 0 Å². The second-order valence-electron chi connectivity index (χ2n) is 5.92. The Bertz CT molecular complexity index is 889. The van der Waals surface area contributed by atoms with Crippen LogP contribution in [0.15, 0.2) is 24.4 Å². The van der Waals surface area contributed by atoms with E-state index >= 15 is 0 Å². The molecule has 118 valence electrons. The van der Waals surface area contributed by atoms with Gasteiger partial charge < -0.3 is 5.73 Å². The Morgan fingerprint density at radius 1 is 1.22 bits per heavy atom. The van der Waals surface area contributed by atoms with Gasteiger partial charge in [-0.2, -0.15) is 5.10 Å². The van der Waals surface area contributed by atoms with E-state index < -0.39 is 0 Å². The molecule has 2 heterocycles. The molecule has 4 rings (SSSR count). The molecule has 0 amide bonds. The number of hydrogen-bond acceptors (Lipinski definition) is 3. The topological polar surface area (TPSA) is 56.7 Å². The van der Waals surface area contributed by atoms with E-state index in [9.17, 15) is 0 Å². The molecule has 1 saturated carbocycles. The van der Waals surface area contributed by atoms with Crippen molar-refractivity contribution >= 4 is 39.9 Å². The highest BCUT2D eigenvalue weighted by Crippen LogP contribution is 2.43. The van der Waals surface area contributed by atoms with E-state index in [0.29, 0.717) is 21.7 Å². The summed E-state index contributed by atoms with van der Waals surface area (Å²) in [5.41, 5.74) is 10.3. The minimum atomic E-state index is 0.411. The molecule has 0 spiro atoms. The molecule has 0 unspecified atom stereocenters. The minimum absolute atomic E-state index is 0.411. The summed E-state index contributed by atoms with van der Waals surface area (Å²) in [5, 5.41) is 6.39. The second-order valence-corrected chi connectivity index (χ2v) is 6.73. The summed E-state index contributed by atoms with van der Waals surface area (Å²) in [6, 6.07) is 5.86. The monoisotopic (exact) mass is 346 g/mol. The van der Waals surface area contributed by atoms with Gasteiger partial charge in [0.25, 0.3) is 0 Å². The van der Waals surface area contributed by atoms with E-state index in [1.165, 1.54) is 12.8 Å². The number of hydrogen-bond donors (Lipinski definition) is 1. The Hall–Kier alpha value is -1.78. The molecule has 1 aromatic carbocycles. The maximum absolute atomic E-state index is 6.22. The number of aryl methyl sites for hydroxylation is 1. The molecule has 1 aliphatic rings. The molecule has 23 heavy (non-hydrogen) atoms. The summed E-state index contributed by atoms with van der Waals surface area (Å²) in [6.45, 7) is 2.85. The number of fused-ring (bicyclic) bond motifs is 1. The van der Waals surface area contributed by atoms with Crippen molar-refractivity contribution in [1.82, 2.24) is 14.8 Å². The fourth-order valence-electron chi connectivity index (χ4n) is 2.87. The number of nitrogen functional groups attached to an aromatic ring is 1. The molecular weight excluding hydrogens is 331 g/mol. The molecule has 0 radical (unpaired) electrons. The standard InChI is InChI=1S/C17H16Cl2N4/c1-2-23-17-12(8-21-23)11(7-15(22-17)9-3-4-9)10-5-13(18)16(20)14(19)6-10/h5-9H,2-4,20H2,1H3. The first-order valence-electron chi connectivity index (χ1n) is 7.69. The van der Waals surface area contributed by atoms with E-state index in [1.807, 2.05) is 23.0 Å². The molecule has 0 saturated heterocycles. The van der Waals surface area contributed by atoms with Crippen molar-refractivity contribution in [3.05, 3.63) is 40.1 Å². The lowest BCUT2D eigenvalue weighted by molar-refractivity contribution is 0.675. The molecule has 2 N–H and O–H groups in total. The van der Waals surface area contributed by atoms with Crippen molar-refractivity contribution in [2.45, 2.75) is 32.2 Å². The summed E-state index contributed by atoms with van der Waals surface area (Å²) in [4.78, 5) is 4.83. The maximum Gasteiger partial charge on any atom is 0.158 e. The van der Waals surface area contributed by atoms with Crippen LogP contribution in [0.4, 0.5) is 5.69 Å². The number of nitrogens with zero attached hydrogens (tertiary/aromatic N) is 3. The molecule has 1 fully saturated rings. The van der Waals surface area contributed by atoms with Crippen LogP contribution in [0, 0.1) is 0 Å². The molecule has 6 heteroatoms. The normalized spacial score (nSPS) is 14.6. The zero-order valence-corrected chi connectivity index (χ0v) is 14.2. The fourth-order valence-corrected chi connectivity index (χ4v) is 3.35. The van der Waals surface area contributed by atoms with Gasteiger partial charge in [0, 0.05) is 23.5 Å². The second kappa shape index (κ2) is 5.39. The fraction of sp³-hybridized carbons (Fsp3) is 0.294. The van der Waals surface area contributed by atoms with Crippen molar-refractivity contribution in [3.8, 4) is 11.1 Å². The van der Waals surface area contributed by atoms with Crippen LogP contribution in [0.5, 0.6) is 0 Å². The smallest absolute Gasteiger partial charge is 0.158 e. The Morgan fingerprint density at radius 2 is 1.91 bits per heavy atom. The number of halogens is 2. The summed E-state index contributed by atoms with van der Waals surface area (Å²) in [7, 11) is 0. The third-order valence-corrected chi connectivity index (χ3v) is 4.94. The predicted octanol–water partition coefficient (Wildman–Crippen LogP) is 4.88. The van der Waals surface area contributed by atoms with E-state index in [-0.39, 0.29) is 0 Å². The van der Waals surface area contributed by atoms with Crippen LogP contribution in [0.2, 0.25) is 10.0 Å². The number of pyridine rings is 1. The van der Waals surface area contributed by atoms with Gasteiger partial charge in [0.1, 0.15) is 0 Å². The van der Waals surface area contributed by atoms with Crippen LogP contribution in [0.3, 0.4) is 0 Å². The lowest BCUT2D eigenvalue weighted by Crippen LogP contribution is -1.99. The van der Waals surface area contributed by atoms with Crippen LogP contribution in [0.25, 0.3) is 22.2 Å². The Morgan fingerprint density at radius 3 is 2.52 bits per heavy atom. The van der Waals surface area contributed by atoms with Crippen molar-refractivity contribution in [3.63, 3.8) is 0 Å². The van der Waals surface area contributed by atoms with Gasteiger partial charge in [-0.15, -0.1) is 0 Å². The molecule has 3 aromatic rings. The maximum atomic E-state index is 6.22. The molecular formula is C17H16Cl2N4. The van der Waals surface area contributed by atoms with Crippen LogP contribution >= 0.6 is 23.2 Å². The van der Waals surface area contributed by atoms with E-state index in [0.717, 1.165) is 34.4 Å². The lowest BCUT2D eigenvalue weighted by Gasteiger charge is -2.10. The highest BCUT2D eigenvalue weighted by atomic mass is 35.5. The summed E-state index contributed by atoms with van der Waals surface area (Å²) in [6.07, 6.45) is 4.25. The van der Waals surface area contributed by atoms with Crippen molar-refractivity contribution in [2.75, 3.05) is 5.73 Å². The van der Waals surface area contributed by atoms with E-state index in [2.05, 4.69) is 18.1 Å². The molecule has 0 bridgehead atoms. The van der Waals surface area contributed by atoms with E-state index in [4.69, 9.17) is 33.9 Å². The Kier molecular flexibility index (Phi) is 3.47. The number of rotatable bonds is 3. The number of anilines is 1. The Labute approximate surface area is 144 Å².